The first-order chi connectivity index (χ1) is 18.4. The van der Waals surface area contributed by atoms with Crippen molar-refractivity contribution in [2.45, 2.75) is 50.9 Å². The van der Waals surface area contributed by atoms with Crippen molar-refractivity contribution in [2.24, 2.45) is 0 Å². The highest BCUT2D eigenvalue weighted by atomic mass is 19.4. The lowest BCUT2D eigenvalue weighted by atomic mass is 9.93. The molecule has 0 spiro atoms. The standard InChI is InChI=1S/C25H23F9N2O4/c1-4-40-22(38)36-13(2)19(18-10-15(23(26,27)28)5-6-20(18)36)12-35(21(37)39-3)11-14-7-16(24(29,30)31)9-17(8-14)25(32,33)34/h5-10,13,19H,4,11-12H2,1-3H3/t13-,19+/m1/s1. The molecule has 15 heteroatoms. The van der Waals surface area contributed by atoms with Crippen LogP contribution in [0.1, 0.15) is 47.6 Å². The average molecular weight is 586 g/mol. The molecule has 1 aliphatic heterocycles. The van der Waals surface area contributed by atoms with Crippen LogP contribution in [0.2, 0.25) is 0 Å². The first-order valence-corrected chi connectivity index (χ1v) is 11.7. The summed E-state index contributed by atoms with van der Waals surface area (Å²) < 4.78 is 130. The molecular formula is C25H23F9N2O4. The van der Waals surface area contributed by atoms with E-state index in [1.165, 1.54) is 13.8 Å². The number of benzene rings is 2. The smallest absolute Gasteiger partial charge is 0.416 e. The van der Waals surface area contributed by atoms with Gasteiger partial charge in [0.25, 0.3) is 0 Å². The van der Waals surface area contributed by atoms with Gasteiger partial charge in [-0.05, 0) is 61.4 Å². The molecule has 3 rings (SSSR count). The molecule has 0 fully saturated rings. The number of rotatable bonds is 5. The van der Waals surface area contributed by atoms with E-state index < -0.39 is 78.0 Å². The van der Waals surface area contributed by atoms with Crippen molar-refractivity contribution in [1.29, 1.82) is 0 Å². The van der Waals surface area contributed by atoms with Crippen LogP contribution in [0.5, 0.6) is 0 Å². The van der Waals surface area contributed by atoms with Gasteiger partial charge in [-0.3, -0.25) is 4.90 Å². The highest BCUT2D eigenvalue weighted by molar-refractivity contribution is 5.92. The SMILES string of the molecule is CCOC(=O)N1c2ccc(C(F)(F)F)cc2[C@@H](CN(Cc2cc(C(F)(F)F)cc(C(F)(F)F)c2)C(=O)OC)[C@H]1C. The number of nitrogens with zero attached hydrogens (tertiary/aromatic N) is 2. The van der Waals surface area contributed by atoms with Gasteiger partial charge in [-0.25, -0.2) is 9.59 Å². The van der Waals surface area contributed by atoms with Gasteiger partial charge in [0.05, 0.1) is 36.1 Å². The van der Waals surface area contributed by atoms with Crippen LogP contribution in [0.15, 0.2) is 36.4 Å². The molecule has 1 heterocycles. The van der Waals surface area contributed by atoms with Crippen LogP contribution in [-0.2, 0) is 34.5 Å². The molecule has 220 valence electrons. The molecule has 6 nitrogen and oxygen atoms in total. The zero-order valence-electron chi connectivity index (χ0n) is 21.2. The van der Waals surface area contributed by atoms with Gasteiger partial charge in [-0.2, -0.15) is 39.5 Å². The van der Waals surface area contributed by atoms with E-state index in [2.05, 4.69) is 4.74 Å². The molecule has 0 N–H and O–H groups in total. The van der Waals surface area contributed by atoms with Crippen molar-refractivity contribution in [2.75, 3.05) is 25.2 Å². The zero-order valence-corrected chi connectivity index (χ0v) is 21.2. The summed E-state index contributed by atoms with van der Waals surface area (Å²) in [6.45, 7) is 1.57. The maximum Gasteiger partial charge on any atom is 0.416 e. The van der Waals surface area contributed by atoms with Gasteiger partial charge in [-0.1, -0.05) is 0 Å². The van der Waals surface area contributed by atoms with E-state index in [1.807, 2.05) is 0 Å². The van der Waals surface area contributed by atoms with Crippen molar-refractivity contribution in [3.63, 3.8) is 0 Å². The molecule has 2 amide bonds. The first-order valence-electron chi connectivity index (χ1n) is 11.7. The quantitative estimate of drug-likeness (QED) is 0.342. The number of hydrogen-bond donors (Lipinski definition) is 0. The second-order valence-electron chi connectivity index (χ2n) is 8.95. The van der Waals surface area contributed by atoms with E-state index in [-0.39, 0.29) is 23.9 Å². The Kier molecular flexibility index (Phi) is 8.56. The summed E-state index contributed by atoms with van der Waals surface area (Å²) in [6, 6.07) is 2.45. The fourth-order valence-electron chi connectivity index (χ4n) is 4.52. The van der Waals surface area contributed by atoms with E-state index in [4.69, 9.17) is 4.74 Å². The Hall–Kier alpha value is -3.65. The van der Waals surface area contributed by atoms with Crippen molar-refractivity contribution in [3.8, 4) is 0 Å². The number of alkyl halides is 9. The number of amides is 2. The van der Waals surface area contributed by atoms with Crippen molar-refractivity contribution < 1.29 is 58.6 Å². The molecule has 0 saturated heterocycles. The summed E-state index contributed by atoms with van der Waals surface area (Å²) in [4.78, 5) is 27.1. The molecule has 2 atom stereocenters. The van der Waals surface area contributed by atoms with Crippen LogP contribution in [0, 0.1) is 0 Å². The van der Waals surface area contributed by atoms with Crippen LogP contribution in [0.25, 0.3) is 0 Å². The number of halogens is 9. The van der Waals surface area contributed by atoms with E-state index in [0.29, 0.717) is 12.1 Å². The van der Waals surface area contributed by atoms with Gasteiger partial charge in [0.15, 0.2) is 0 Å². The summed E-state index contributed by atoms with van der Waals surface area (Å²) in [5.41, 5.74) is -4.80. The highest BCUT2D eigenvalue weighted by Gasteiger charge is 2.44. The van der Waals surface area contributed by atoms with Crippen molar-refractivity contribution in [1.82, 2.24) is 4.90 Å². The predicted octanol–water partition coefficient (Wildman–Crippen LogP) is 7.46. The van der Waals surface area contributed by atoms with Gasteiger partial charge in [0.2, 0.25) is 0 Å². The largest absolute Gasteiger partial charge is 0.453 e. The summed E-state index contributed by atoms with van der Waals surface area (Å²) in [7, 11) is 0.918. The predicted molar refractivity (Wildman–Crippen MR) is 122 cm³/mol. The maximum atomic E-state index is 13.5. The summed E-state index contributed by atoms with van der Waals surface area (Å²) >= 11 is 0. The fraction of sp³-hybridized carbons (Fsp3) is 0.440. The third-order valence-corrected chi connectivity index (χ3v) is 6.34. The molecule has 1 aliphatic rings. The number of hydrogen-bond acceptors (Lipinski definition) is 4. The number of methoxy groups -OCH3 is 1. The molecule has 0 aromatic heterocycles. The van der Waals surface area contributed by atoms with Crippen molar-refractivity contribution >= 4 is 17.9 Å². The highest BCUT2D eigenvalue weighted by Crippen LogP contribution is 2.45. The minimum Gasteiger partial charge on any atom is -0.453 e. The molecule has 0 unspecified atom stereocenters. The first kappa shape index (κ1) is 30.9. The second kappa shape index (κ2) is 11.1. The molecular weight excluding hydrogens is 563 g/mol. The van der Waals surface area contributed by atoms with Gasteiger partial charge in [-0.15, -0.1) is 0 Å². The molecule has 0 saturated carbocycles. The Morgan fingerprint density at radius 2 is 1.43 bits per heavy atom. The normalized spacial score (nSPS) is 17.4. The van der Waals surface area contributed by atoms with Gasteiger partial charge in [0.1, 0.15) is 0 Å². The average Bonchev–Trinajstić information content (AvgIpc) is 3.12. The van der Waals surface area contributed by atoms with Crippen LogP contribution in [0.3, 0.4) is 0 Å². The number of fused-ring (bicyclic) bond motifs is 1. The number of anilines is 1. The molecule has 2 aromatic rings. The lowest BCUT2D eigenvalue weighted by Crippen LogP contribution is -2.42. The van der Waals surface area contributed by atoms with Crippen LogP contribution in [0.4, 0.5) is 54.8 Å². The monoisotopic (exact) mass is 586 g/mol. The van der Waals surface area contributed by atoms with E-state index in [0.717, 1.165) is 35.1 Å². The van der Waals surface area contributed by atoms with E-state index in [9.17, 15) is 49.1 Å². The van der Waals surface area contributed by atoms with Gasteiger partial charge >= 0.3 is 30.7 Å². The summed E-state index contributed by atoms with van der Waals surface area (Å²) in [6.07, 6.45) is -17.1. The number of ether oxygens (including phenoxy) is 2. The minimum atomic E-state index is -5.14. The minimum absolute atomic E-state index is 0.0238. The zero-order chi connectivity index (χ0) is 30.2. The number of carbonyl (C=O) groups excluding carboxylic acids is 2. The Morgan fingerprint density at radius 1 is 0.875 bits per heavy atom. The van der Waals surface area contributed by atoms with Crippen molar-refractivity contribution in [3.05, 3.63) is 64.2 Å². The number of carbonyl (C=O) groups is 2. The lowest BCUT2D eigenvalue weighted by molar-refractivity contribution is -0.143. The lowest BCUT2D eigenvalue weighted by Gasteiger charge is -2.29. The topological polar surface area (TPSA) is 59.1 Å². The maximum absolute atomic E-state index is 13.5. The Morgan fingerprint density at radius 3 is 1.90 bits per heavy atom. The van der Waals surface area contributed by atoms with E-state index >= 15 is 0 Å². The third kappa shape index (κ3) is 6.55. The van der Waals surface area contributed by atoms with Gasteiger partial charge < -0.3 is 14.4 Å². The third-order valence-electron chi connectivity index (χ3n) is 6.34. The molecule has 0 bridgehead atoms. The molecule has 2 aromatic carbocycles. The van der Waals surface area contributed by atoms with Crippen LogP contribution < -0.4 is 4.90 Å². The molecule has 0 radical (unpaired) electrons. The Balaban J connectivity index is 2.07. The van der Waals surface area contributed by atoms with E-state index in [1.54, 1.807) is 0 Å². The molecule has 0 aliphatic carbocycles. The Bertz CT molecular complexity index is 1230. The second-order valence-corrected chi connectivity index (χ2v) is 8.95. The summed E-state index contributed by atoms with van der Waals surface area (Å²) in [5.74, 6) is -1.05. The van der Waals surface area contributed by atoms with Gasteiger partial charge in [0, 0.05) is 25.0 Å². The van der Waals surface area contributed by atoms with Crippen LogP contribution >= 0.6 is 0 Å². The molecule has 40 heavy (non-hydrogen) atoms. The summed E-state index contributed by atoms with van der Waals surface area (Å²) in [5, 5.41) is 0. The van der Waals surface area contributed by atoms with Crippen LogP contribution in [-0.4, -0.2) is 43.4 Å². The Labute approximate surface area is 222 Å². The fourth-order valence-corrected chi connectivity index (χ4v) is 4.52.